The molecule has 2 aliphatic heterocycles. The normalized spacial score (nSPS) is 21.5. The van der Waals surface area contributed by atoms with Gasteiger partial charge in [-0.15, -0.1) is 0 Å². The van der Waals surface area contributed by atoms with Crippen LogP contribution in [0.2, 0.25) is 0 Å². The van der Waals surface area contributed by atoms with Gasteiger partial charge in [-0.2, -0.15) is 0 Å². The number of aryl methyl sites for hydroxylation is 2. The lowest BCUT2D eigenvalue weighted by Gasteiger charge is -2.33. The zero-order valence-corrected chi connectivity index (χ0v) is 17.8. The first kappa shape index (κ1) is 19.8. The summed E-state index contributed by atoms with van der Waals surface area (Å²) in [6, 6.07) is 9.15. The molecule has 0 saturated carbocycles. The molecule has 2 fully saturated rings. The molecule has 154 valence electrons. The fourth-order valence-corrected chi connectivity index (χ4v) is 5.33. The molecule has 0 spiro atoms. The van der Waals surface area contributed by atoms with Gasteiger partial charge in [0.25, 0.3) is 5.91 Å². The molecule has 1 amide bonds. The van der Waals surface area contributed by atoms with Crippen molar-refractivity contribution in [1.82, 2.24) is 14.9 Å². The SMILES string of the molecule is Cc1cc(C)nc(N2CC3CC2CN(C(=O)c2ccccc2CS(C)(=O)=O)C3)n1. The molecule has 7 nitrogen and oxygen atoms in total. The van der Waals surface area contributed by atoms with Crippen molar-refractivity contribution >= 4 is 21.7 Å². The summed E-state index contributed by atoms with van der Waals surface area (Å²) >= 11 is 0. The second-order valence-corrected chi connectivity index (χ2v) is 10.4. The van der Waals surface area contributed by atoms with Crippen molar-refractivity contribution in [3.05, 3.63) is 52.8 Å². The summed E-state index contributed by atoms with van der Waals surface area (Å²) in [6.07, 6.45) is 2.21. The van der Waals surface area contributed by atoms with E-state index in [1.54, 1.807) is 24.3 Å². The van der Waals surface area contributed by atoms with Crippen molar-refractivity contribution < 1.29 is 13.2 Å². The van der Waals surface area contributed by atoms with Gasteiger partial charge in [-0.3, -0.25) is 4.79 Å². The third-order valence-electron chi connectivity index (χ3n) is 5.59. The summed E-state index contributed by atoms with van der Waals surface area (Å²) < 4.78 is 23.6. The molecule has 0 N–H and O–H groups in total. The van der Waals surface area contributed by atoms with Gasteiger partial charge in [-0.1, -0.05) is 18.2 Å². The Morgan fingerprint density at radius 1 is 1.10 bits per heavy atom. The van der Waals surface area contributed by atoms with E-state index in [1.807, 2.05) is 24.8 Å². The van der Waals surface area contributed by atoms with Gasteiger partial charge >= 0.3 is 0 Å². The minimum Gasteiger partial charge on any atom is -0.336 e. The lowest BCUT2D eigenvalue weighted by atomic mass is 9.98. The maximum Gasteiger partial charge on any atom is 0.254 e. The Morgan fingerprint density at radius 2 is 1.79 bits per heavy atom. The van der Waals surface area contributed by atoms with Crippen LogP contribution in [-0.2, 0) is 15.6 Å². The van der Waals surface area contributed by atoms with E-state index in [9.17, 15) is 13.2 Å². The van der Waals surface area contributed by atoms with Gasteiger partial charge in [0.1, 0.15) is 0 Å². The Labute approximate surface area is 171 Å². The molecule has 2 unspecified atom stereocenters. The smallest absolute Gasteiger partial charge is 0.254 e. The van der Waals surface area contributed by atoms with Gasteiger partial charge in [0.2, 0.25) is 5.95 Å². The Morgan fingerprint density at radius 3 is 2.48 bits per heavy atom. The zero-order chi connectivity index (χ0) is 20.8. The summed E-state index contributed by atoms with van der Waals surface area (Å²) in [6.45, 7) is 6.04. The molecule has 1 aromatic carbocycles. The highest BCUT2D eigenvalue weighted by atomic mass is 32.2. The summed E-state index contributed by atoms with van der Waals surface area (Å²) in [5.74, 6) is 0.881. The Hall–Kier alpha value is -2.48. The molecule has 4 rings (SSSR count). The van der Waals surface area contributed by atoms with Crippen LogP contribution in [0.15, 0.2) is 30.3 Å². The third-order valence-corrected chi connectivity index (χ3v) is 6.43. The standard InChI is InChI=1S/C21H26N4O3S/c1-14-8-15(2)23-21(22-14)25-11-16-9-18(25)12-24(10-16)20(26)19-7-5-4-6-17(19)13-29(3,27)28/h4-8,16,18H,9-13H2,1-3H3. The fourth-order valence-electron chi connectivity index (χ4n) is 4.51. The monoisotopic (exact) mass is 414 g/mol. The number of likely N-dealkylation sites (tertiary alicyclic amines) is 1. The number of fused-ring (bicyclic) bond motifs is 2. The lowest BCUT2D eigenvalue weighted by molar-refractivity contribution is 0.0693. The first-order valence-electron chi connectivity index (χ1n) is 9.83. The number of nitrogens with zero attached hydrogens (tertiary/aromatic N) is 4. The van der Waals surface area contributed by atoms with Crippen molar-refractivity contribution in [2.45, 2.75) is 32.1 Å². The predicted molar refractivity (Wildman–Crippen MR) is 112 cm³/mol. The van der Waals surface area contributed by atoms with Gasteiger partial charge in [0.15, 0.2) is 9.84 Å². The minimum atomic E-state index is -3.22. The maximum atomic E-state index is 13.3. The molecule has 8 heteroatoms. The fraction of sp³-hybridized carbons (Fsp3) is 0.476. The average Bonchev–Trinajstić information content (AvgIpc) is 2.93. The van der Waals surface area contributed by atoms with Crippen molar-refractivity contribution in [3.8, 4) is 0 Å². The second kappa shape index (κ2) is 7.40. The van der Waals surface area contributed by atoms with Crippen molar-refractivity contribution in [2.24, 2.45) is 5.92 Å². The number of piperidine rings is 1. The number of hydrogen-bond donors (Lipinski definition) is 0. The van der Waals surface area contributed by atoms with Crippen LogP contribution in [0.5, 0.6) is 0 Å². The highest BCUT2D eigenvalue weighted by Crippen LogP contribution is 2.33. The van der Waals surface area contributed by atoms with Gasteiger partial charge in [-0.25, -0.2) is 18.4 Å². The molecular weight excluding hydrogens is 388 g/mol. The van der Waals surface area contributed by atoms with E-state index in [4.69, 9.17) is 0 Å². The first-order valence-corrected chi connectivity index (χ1v) is 11.9. The molecule has 2 saturated heterocycles. The van der Waals surface area contributed by atoms with Crippen LogP contribution in [0.3, 0.4) is 0 Å². The number of amides is 1. The number of carbonyl (C=O) groups is 1. The summed E-state index contributed by atoms with van der Waals surface area (Å²) in [5.41, 5.74) is 2.93. The highest BCUT2D eigenvalue weighted by Gasteiger charge is 2.41. The number of carbonyl (C=O) groups excluding carboxylic acids is 1. The summed E-state index contributed by atoms with van der Waals surface area (Å²) in [7, 11) is -3.22. The van der Waals surface area contributed by atoms with Crippen molar-refractivity contribution in [2.75, 3.05) is 30.8 Å². The Balaban J connectivity index is 1.56. The third kappa shape index (κ3) is 4.27. The van der Waals surface area contributed by atoms with E-state index in [-0.39, 0.29) is 17.7 Å². The summed E-state index contributed by atoms with van der Waals surface area (Å²) in [5, 5.41) is 0. The van der Waals surface area contributed by atoms with Crippen LogP contribution in [0, 0.1) is 19.8 Å². The molecule has 1 aromatic heterocycles. The van der Waals surface area contributed by atoms with E-state index in [0.29, 0.717) is 30.1 Å². The quantitative estimate of drug-likeness (QED) is 0.761. The minimum absolute atomic E-state index is 0.0952. The first-order chi connectivity index (χ1) is 13.7. The van der Waals surface area contributed by atoms with Crippen LogP contribution in [0.1, 0.15) is 33.7 Å². The van der Waals surface area contributed by atoms with Crippen LogP contribution in [0.25, 0.3) is 0 Å². The van der Waals surface area contributed by atoms with Crippen LogP contribution in [-0.4, -0.2) is 61.1 Å². The molecule has 2 atom stereocenters. The van der Waals surface area contributed by atoms with Crippen molar-refractivity contribution in [1.29, 1.82) is 0 Å². The largest absolute Gasteiger partial charge is 0.336 e. The van der Waals surface area contributed by atoms with Gasteiger partial charge < -0.3 is 9.80 Å². The molecule has 2 bridgehead atoms. The molecule has 2 aliphatic rings. The van der Waals surface area contributed by atoms with Crippen LogP contribution >= 0.6 is 0 Å². The summed E-state index contributed by atoms with van der Waals surface area (Å²) in [4.78, 5) is 26.6. The topological polar surface area (TPSA) is 83.5 Å². The van der Waals surface area contributed by atoms with Crippen LogP contribution < -0.4 is 4.90 Å². The van der Waals surface area contributed by atoms with Crippen molar-refractivity contribution in [3.63, 3.8) is 0 Å². The van der Waals surface area contributed by atoms with E-state index >= 15 is 0 Å². The predicted octanol–water partition coefficient (Wildman–Crippen LogP) is 1.99. The molecular formula is C21H26N4O3S. The molecule has 29 heavy (non-hydrogen) atoms. The van der Waals surface area contributed by atoms with Crippen LogP contribution in [0.4, 0.5) is 5.95 Å². The Bertz CT molecular complexity index is 1030. The molecule has 0 radical (unpaired) electrons. The number of anilines is 1. The average molecular weight is 415 g/mol. The Kier molecular flexibility index (Phi) is 5.06. The molecule has 0 aliphatic carbocycles. The molecule has 3 heterocycles. The number of hydrogen-bond acceptors (Lipinski definition) is 6. The molecule has 2 aromatic rings. The van der Waals surface area contributed by atoms with E-state index < -0.39 is 9.84 Å². The number of sulfone groups is 1. The second-order valence-electron chi connectivity index (χ2n) is 8.30. The lowest BCUT2D eigenvalue weighted by Crippen LogP contribution is -2.45. The van der Waals surface area contributed by atoms with Gasteiger partial charge in [-0.05, 0) is 43.9 Å². The maximum absolute atomic E-state index is 13.3. The number of aromatic nitrogens is 2. The number of rotatable bonds is 4. The highest BCUT2D eigenvalue weighted by molar-refractivity contribution is 7.89. The van der Waals surface area contributed by atoms with E-state index in [1.165, 1.54) is 6.26 Å². The van der Waals surface area contributed by atoms with E-state index in [2.05, 4.69) is 14.9 Å². The number of benzene rings is 1. The zero-order valence-electron chi connectivity index (χ0n) is 17.0. The van der Waals surface area contributed by atoms with Gasteiger partial charge in [0, 0.05) is 48.9 Å². The van der Waals surface area contributed by atoms with E-state index in [0.717, 1.165) is 30.3 Å². The van der Waals surface area contributed by atoms with Gasteiger partial charge in [0.05, 0.1) is 5.75 Å².